The number of rotatable bonds is 14. The number of benzene rings is 1. The van der Waals surface area contributed by atoms with E-state index in [4.69, 9.17) is 9.47 Å². The first-order valence-electron chi connectivity index (χ1n) is 10.2. The molecule has 0 aromatic heterocycles. The summed E-state index contributed by atoms with van der Waals surface area (Å²) >= 11 is 0. The molecule has 3 N–H and O–H groups in total. The average Bonchev–Trinajstić information content (AvgIpc) is 2.73. The van der Waals surface area contributed by atoms with Crippen molar-refractivity contribution >= 4 is 35.8 Å². The summed E-state index contributed by atoms with van der Waals surface area (Å²) < 4.78 is 11.0. The summed E-state index contributed by atoms with van der Waals surface area (Å²) in [6, 6.07) is 7.60. The second-order valence-corrected chi connectivity index (χ2v) is 6.39. The van der Waals surface area contributed by atoms with Crippen LogP contribution in [0.25, 0.3) is 0 Å². The Labute approximate surface area is 192 Å². The van der Waals surface area contributed by atoms with Crippen LogP contribution in [0.15, 0.2) is 29.3 Å². The molecule has 0 unspecified atom stereocenters. The quantitative estimate of drug-likeness (QED) is 0.152. The van der Waals surface area contributed by atoms with E-state index in [1.165, 1.54) is 0 Å². The van der Waals surface area contributed by atoms with Crippen molar-refractivity contribution in [1.82, 2.24) is 16.0 Å². The third kappa shape index (κ3) is 13.5. The van der Waals surface area contributed by atoms with Crippen molar-refractivity contribution in [2.45, 2.75) is 39.7 Å². The van der Waals surface area contributed by atoms with Gasteiger partial charge in [0.15, 0.2) is 5.96 Å². The molecular formula is C21H37IN4O3. The number of hydrogen-bond donors (Lipinski definition) is 3. The SMILES string of the molecule is CCCCOCCOCCNC(=NC)NCc1cccc(C(=O)NCCC)c1.I. The van der Waals surface area contributed by atoms with E-state index >= 15 is 0 Å². The van der Waals surface area contributed by atoms with E-state index in [9.17, 15) is 4.79 Å². The largest absolute Gasteiger partial charge is 0.379 e. The smallest absolute Gasteiger partial charge is 0.251 e. The summed E-state index contributed by atoms with van der Waals surface area (Å²) in [5, 5.41) is 9.35. The normalized spacial score (nSPS) is 10.9. The summed E-state index contributed by atoms with van der Waals surface area (Å²) in [7, 11) is 1.73. The number of ether oxygens (including phenoxy) is 2. The Morgan fingerprint density at radius 1 is 0.966 bits per heavy atom. The van der Waals surface area contributed by atoms with Crippen molar-refractivity contribution < 1.29 is 14.3 Å². The summed E-state index contributed by atoms with van der Waals surface area (Å²) in [5.74, 6) is 0.658. The summed E-state index contributed by atoms with van der Waals surface area (Å²) in [5.41, 5.74) is 1.69. The molecule has 7 nitrogen and oxygen atoms in total. The van der Waals surface area contributed by atoms with Gasteiger partial charge in [-0.3, -0.25) is 9.79 Å². The number of carbonyl (C=O) groups excluding carboxylic acids is 1. The van der Waals surface area contributed by atoms with E-state index in [-0.39, 0.29) is 29.9 Å². The van der Waals surface area contributed by atoms with Crippen LogP contribution < -0.4 is 16.0 Å². The van der Waals surface area contributed by atoms with Crippen LogP contribution in [-0.4, -0.2) is 58.4 Å². The number of nitrogens with zero attached hydrogens (tertiary/aromatic N) is 1. The molecule has 0 aliphatic rings. The molecule has 0 heterocycles. The number of amides is 1. The third-order valence-corrected chi connectivity index (χ3v) is 3.96. The number of halogens is 1. The number of guanidine groups is 1. The van der Waals surface area contributed by atoms with Gasteiger partial charge in [-0.2, -0.15) is 0 Å². The van der Waals surface area contributed by atoms with E-state index in [1.54, 1.807) is 7.05 Å². The van der Waals surface area contributed by atoms with Gasteiger partial charge in [0.25, 0.3) is 5.91 Å². The minimum atomic E-state index is -0.0398. The molecule has 1 aromatic rings. The second kappa shape index (κ2) is 18.6. The average molecular weight is 520 g/mol. The molecule has 0 spiro atoms. The minimum absolute atomic E-state index is 0. The van der Waals surface area contributed by atoms with Gasteiger partial charge in [-0.05, 0) is 30.5 Å². The van der Waals surface area contributed by atoms with Gasteiger partial charge in [0.05, 0.1) is 19.8 Å². The molecule has 0 radical (unpaired) electrons. The Kier molecular flexibility index (Phi) is 17.7. The number of carbonyl (C=O) groups is 1. The van der Waals surface area contributed by atoms with E-state index in [1.807, 2.05) is 31.2 Å². The lowest BCUT2D eigenvalue weighted by molar-refractivity contribution is 0.0487. The molecule has 0 bridgehead atoms. The highest BCUT2D eigenvalue weighted by molar-refractivity contribution is 14.0. The molecule has 8 heteroatoms. The lowest BCUT2D eigenvalue weighted by Crippen LogP contribution is -2.38. The third-order valence-electron chi connectivity index (χ3n) is 3.96. The molecule has 1 aromatic carbocycles. The lowest BCUT2D eigenvalue weighted by atomic mass is 10.1. The predicted molar refractivity (Wildman–Crippen MR) is 129 cm³/mol. The van der Waals surface area contributed by atoms with Gasteiger partial charge >= 0.3 is 0 Å². The Bertz CT molecular complexity index is 585. The van der Waals surface area contributed by atoms with Gasteiger partial charge in [0.1, 0.15) is 0 Å². The molecular weight excluding hydrogens is 483 g/mol. The minimum Gasteiger partial charge on any atom is -0.379 e. The molecule has 0 aliphatic heterocycles. The number of nitrogens with one attached hydrogen (secondary N) is 3. The van der Waals surface area contributed by atoms with Crippen molar-refractivity contribution in [3.63, 3.8) is 0 Å². The summed E-state index contributed by atoms with van der Waals surface area (Å²) in [6.45, 7) is 8.74. The lowest BCUT2D eigenvalue weighted by Gasteiger charge is -2.13. The van der Waals surface area contributed by atoms with Crippen molar-refractivity contribution in [3.05, 3.63) is 35.4 Å². The van der Waals surface area contributed by atoms with Gasteiger partial charge in [-0.15, -0.1) is 24.0 Å². The monoisotopic (exact) mass is 520 g/mol. The van der Waals surface area contributed by atoms with E-state index in [0.29, 0.717) is 51.0 Å². The Balaban J connectivity index is 0.00000784. The second-order valence-electron chi connectivity index (χ2n) is 6.39. The number of aliphatic imine (C=N–C) groups is 1. The molecule has 166 valence electrons. The van der Waals surface area contributed by atoms with Crippen molar-refractivity contribution in [2.24, 2.45) is 4.99 Å². The Morgan fingerprint density at radius 2 is 1.72 bits per heavy atom. The fraction of sp³-hybridized carbons (Fsp3) is 0.619. The van der Waals surface area contributed by atoms with Gasteiger partial charge in [0, 0.05) is 38.9 Å². The zero-order valence-corrected chi connectivity index (χ0v) is 20.3. The fourth-order valence-corrected chi connectivity index (χ4v) is 2.38. The van der Waals surface area contributed by atoms with E-state index < -0.39 is 0 Å². The first-order chi connectivity index (χ1) is 13.7. The highest BCUT2D eigenvalue weighted by Gasteiger charge is 2.05. The molecule has 0 fully saturated rings. The van der Waals surface area contributed by atoms with Gasteiger partial charge in [-0.25, -0.2) is 0 Å². The Hall–Kier alpha value is -1.39. The maximum atomic E-state index is 12.1. The van der Waals surface area contributed by atoms with E-state index in [0.717, 1.165) is 31.4 Å². The fourth-order valence-electron chi connectivity index (χ4n) is 2.38. The first kappa shape index (κ1) is 27.6. The number of hydrogen-bond acceptors (Lipinski definition) is 4. The highest BCUT2D eigenvalue weighted by Crippen LogP contribution is 2.05. The molecule has 1 rings (SSSR count). The molecule has 0 saturated carbocycles. The zero-order valence-electron chi connectivity index (χ0n) is 18.0. The highest BCUT2D eigenvalue weighted by atomic mass is 127. The molecule has 1 amide bonds. The molecule has 29 heavy (non-hydrogen) atoms. The van der Waals surface area contributed by atoms with Crippen LogP contribution >= 0.6 is 24.0 Å². The Morgan fingerprint density at radius 3 is 2.41 bits per heavy atom. The standard InChI is InChI=1S/C21H36N4O3.HI/c1-4-6-12-27-14-15-28-13-11-24-21(22-3)25-17-18-8-7-9-19(16-18)20(26)23-10-5-2;/h7-9,16H,4-6,10-15,17H2,1-3H3,(H,23,26)(H2,22,24,25);1H. The zero-order chi connectivity index (χ0) is 20.5. The van der Waals surface area contributed by atoms with Crippen LogP contribution in [0.3, 0.4) is 0 Å². The van der Waals surface area contributed by atoms with Crippen LogP contribution in [0, 0.1) is 0 Å². The van der Waals surface area contributed by atoms with Crippen LogP contribution in [0.2, 0.25) is 0 Å². The molecule has 0 saturated heterocycles. The molecule has 0 atom stereocenters. The van der Waals surface area contributed by atoms with Crippen molar-refractivity contribution in [2.75, 3.05) is 46.6 Å². The van der Waals surface area contributed by atoms with Crippen molar-refractivity contribution in [1.29, 1.82) is 0 Å². The predicted octanol–water partition coefficient (Wildman–Crippen LogP) is 2.94. The van der Waals surface area contributed by atoms with Gasteiger partial charge in [0.2, 0.25) is 0 Å². The summed E-state index contributed by atoms with van der Waals surface area (Å²) in [4.78, 5) is 16.3. The summed E-state index contributed by atoms with van der Waals surface area (Å²) in [6.07, 6.45) is 3.16. The van der Waals surface area contributed by atoms with Crippen LogP contribution in [0.4, 0.5) is 0 Å². The maximum Gasteiger partial charge on any atom is 0.251 e. The van der Waals surface area contributed by atoms with Gasteiger partial charge < -0.3 is 25.4 Å². The number of unbranched alkanes of at least 4 members (excludes halogenated alkanes) is 1. The van der Waals surface area contributed by atoms with Crippen LogP contribution in [0.1, 0.15) is 49.0 Å². The topological polar surface area (TPSA) is 84.0 Å². The van der Waals surface area contributed by atoms with E-state index in [2.05, 4.69) is 27.9 Å². The van der Waals surface area contributed by atoms with Crippen LogP contribution in [0.5, 0.6) is 0 Å². The maximum absolute atomic E-state index is 12.1. The van der Waals surface area contributed by atoms with Crippen LogP contribution in [-0.2, 0) is 16.0 Å². The molecule has 0 aliphatic carbocycles. The first-order valence-corrected chi connectivity index (χ1v) is 10.2. The van der Waals surface area contributed by atoms with Crippen molar-refractivity contribution in [3.8, 4) is 0 Å². The van der Waals surface area contributed by atoms with Gasteiger partial charge in [-0.1, -0.05) is 32.4 Å².